The van der Waals surface area contributed by atoms with E-state index in [4.69, 9.17) is 14.2 Å². The van der Waals surface area contributed by atoms with Gasteiger partial charge in [-0.25, -0.2) is 0 Å². The summed E-state index contributed by atoms with van der Waals surface area (Å²) in [6.07, 6.45) is 0. The lowest BCUT2D eigenvalue weighted by molar-refractivity contribution is -0.144. The van der Waals surface area contributed by atoms with Crippen LogP contribution in [0.4, 0.5) is 0 Å². The van der Waals surface area contributed by atoms with Gasteiger partial charge in [-0.2, -0.15) is 9.97 Å². The molecule has 23 heavy (non-hydrogen) atoms. The van der Waals surface area contributed by atoms with Gasteiger partial charge in [0.2, 0.25) is 11.8 Å². The Labute approximate surface area is 133 Å². The molecule has 0 aliphatic heterocycles. The van der Waals surface area contributed by atoms with E-state index in [1.54, 1.807) is 19.1 Å². The molecule has 0 radical (unpaired) electrons. The fraction of sp³-hybridized carbons (Fsp3) is 0.312. The number of hydrogen-bond donors (Lipinski definition) is 1. The van der Waals surface area contributed by atoms with Crippen LogP contribution < -0.4 is 9.47 Å². The summed E-state index contributed by atoms with van der Waals surface area (Å²) in [5.41, 5.74) is 0.513. The summed E-state index contributed by atoms with van der Waals surface area (Å²) < 4.78 is 15.3. The monoisotopic (exact) mass is 318 g/mol. The number of methoxy groups -OCH3 is 2. The van der Waals surface area contributed by atoms with Crippen LogP contribution in [0.5, 0.6) is 17.5 Å². The van der Waals surface area contributed by atoms with Gasteiger partial charge >= 0.3 is 5.97 Å². The second-order valence-electron chi connectivity index (χ2n) is 4.59. The number of esters is 1. The highest BCUT2D eigenvalue weighted by Gasteiger charge is 2.28. The third kappa shape index (κ3) is 3.88. The van der Waals surface area contributed by atoms with Crippen LogP contribution in [0.2, 0.25) is 0 Å². The quantitative estimate of drug-likeness (QED) is 0.813. The van der Waals surface area contributed by atoms with Gasteiger partial charge in [-0.05, 0) is 24.6 Å². The molecule has 0 saturated heterocycles. The Hall–Kier alpha value is -2.83. The minimum atomic E-state index is -0.897. The second kappa shape index (κ2) is 7.44. The summed E-state index contributed by atoms with van der Waals surface area (Å²) in [6.45, 7) is 1.93. The van der Waals surface area contributed by atoms with Gasteiger partial charge in [0.15, 0.2) is 5.82 Å². The van der Waals surface area contributed by atoms with Gasteiger partial charge in [-0.15, -0.1) is 0 Å². The predicted octanol–water partition coefficient (Wildman–Crippen LogP) is 1.89. The Bertz CT molecular complexity index is 668. The van der Waals surface area contributed by atoms with Crippen molar-refractivity contribution in [3.05, 3.63) is 41.7 Å². The smallest absolute Gasteiger partial charge is 0.321 e. The van der Waals surface area contributed by atoms with Gasteiger partial charge in [-0.1, -0.05) is 12.1 Å². The molecule has 1 aromatic carbocycles. The fourth-order valence-electron chi connectivity index (χ4n) is 2.08. The van der Waals surface area contributed by atoms with E-state index in [-0.39, 0.29) is 29.9 Å². The first-order chi connectivity index (χ1) is 11.1. The van der Waals surface area contributed by atoms with Crippen LogP contribution in [0, 0.1) is 0 Å². The van der Waals surface area contributed by atoms with Crippen LogP contribution in [0.1, 0.15) is 24.2 Å². The zero-order valence-corrected chi connectivity index (χ0v) is 13.1. The van der Waals surface area contributed by atoms with Gasteiger partial charge in [0, 0.05) is 0 Å². The van der Waals surface area contributed by atoms with Crippen molar-refractivity contribution in [3.63, 3.8) is 0 Å². The van der Waals surface area contributed by atoms with Crippen molar-refractivity contribution < 1.29 is 24.1 Å². The summed E-state index contributed by atoms with van der Waals surface area (Å²) in [5, 5.41) is 9.68. The third-order valence-electron chi connectivity index (χ3n) is 3.10. The van der Waals surface area contributed by atoms with E-state index in [9.17, 15) is 9.90 Å². The number of phenols is 1. The molecule has 0 bridgehead atoms. The first kappa shape index (κ1) is 16.5. The Kier molecular flexibility index (Phi) is 5.35. The number of aromatic nitrogens is 2. The molecular formula is C16H18N2O5. The summed E-state index contributed by atoms with van der Waals surface area (Å²) >= 11 is 0. The van der Waals surface area contributed by atoms with Crippen LogP contribution in [-0.2, 0) is 9.53 Å². The molecule has 0 spiro atoms. The molecule has 0 aliphatic carbocycles. The lowest BCUT2D eigenvalue weighted by Gasteiger charge is -2.16. The number of benzene rings is 1. The van der Waals surface area contributed by atoms with Gasteiger partial charge in [0.05, 0.1) is 26.9 Å². The van der Waals surface area contributed by atoms with E-state index in [0.29, 0.717) is 5.56 Å². The number of carbonyl (C=O) groups is 1. The first-order valence-electron chi connectivity index (χ1n) is 7.01. The van der Waals surface area contributed by atoms with Crippen molar-refractivity contribution in [1.82, 2.24) is 9.97 Å². The first-order valence-corrected chi connectivity index (χ1v) is 7.01. The summed E-state index contributed by atoms with van der Waals surface area (Å²) in [6, 6.07) is 7.81. The predicted molar refractivity (Wildman–Crippen MR) is 81.7 cm³/mol. The molecular weight excluding hydrogens is 300 g/mol. The summed E-state index contributed by atoms with van der Waals surface area (Å²) in [7, 11) is 2.92. The normalized spacial score (nSPS) is 11.6. The molecule has 1 atom stereocenters. The molecule has 7 nitrogen and oxygen atoms in total. The highest BCUT2D eigenvalue weighted by atomic mass is 16.5. The van der Waals surface area contributed by atoms with Gasteiger partial charge in [0.1, 0.15) is 11.7 Å². The topological polar surface area (TPSA) is 90.8 Å². The van der Waals surface area contributed by atoms with E-state index in [1.807, 2.05) is 0 Å². The maximum atomic E-state index is 12.4. The Morgan fingerprint density at radius 2 is 1.83 bits per heavy atom. The highest BCUT2D eigenvalue weighted by Crippen LogP contribution is 2.29. The molecule has 2 aromatic rings. The van der Waals surface area contributed by atoms with Crippen LogP contribution in [0.15, 0.2) is 30.3 Å². The molecule has 0 fully saturated rings. The van der Waals surface area contributed by atoms with Gasteiger partial charge < -0.3 is 19.3 Å². The standard InChI is InChI=1S/C16H18N2O5/c1-4-23-16(20)14(10-6-5-7-11(19)8-10)15-17-12(21-2)9-13(18-15)22-3/h5-9,14,19H,4H2,1-3H3. The van der Waals surface area contributed by atoms with Crippen LogP contribution in [-0.4, -0.2) is 41.9 Å². The summed E-state index contributed by atoms with van der Waals surface area (Å²) in [4.78, 5) is 20.8. The average molecular weight is 318 g/mol. The minimum absolute atomic E-state index is 0.0339. The average Bonchev–Trinajstić information content (AvgIpc) is 2.55. The van der Waals surface area contributed by atoms with E-state index >= 15 is 0 Å². The van der Waals surface area contributed by atoms with Gasteiger partial charge in [-0.3, -0.25) is 4.79 Å². The lowest BCUT2D eigenvalue weighted by atomic mass is 9.98. The molecule has 1 N–H and O–H groups in total. The molecule has 0 aliphatic rings. The van der Waals surface area contributed by atoms with Crippen molar-refractivity contribution in [1.29, 1.82) is 0 Å². The fourth-order valence-corrected chi connectivity index (χ4v) is 2.08. The van der Waals surface area contributed by atoms with Crippen molar-refractivity contribution in [2.75, 3.05) is 20.8 Å². The van der Waals surface area contributed by atoms with Crippen LogP contribution in [0.25, 0.3) is 0 Å². The van der Waals surface area contributed by atoms with Crippen LogP contribution >= 0.6 is 0 Å². The number of ether oxygens (including phenoxy) is 3. The molecule has 0 amide bonds. The molecule has 1 heterocycles. The molecule has 1 unspecified atom stereocenters. The Morgan fingerprint density at radius 3 is 2.35 bits per heavy atom. The van der Waals surface area contributed by atoms with E-state index in [0.717, 1.165) is 0 Å². The van der Waals surface area contributed by atoms with Crippen LogP contribution in [0.3, 0.4) is 0 Å². The van der Waals surface area contributed by atoms with Crippen molar-refractivity contribution in [2.24, 2.45) is 0 Å². The number of phenolic OH excluding ortho intramolecular Hbond substituents is 1. The molecule has 122 valence electrons. The Balaban J connectivity index is 2.55. The van der Waals surface area contributed by atoms with E-state index in [2.05, 4.69) is 9.97 Å². The molecule has 7 heteroatoms. The number of nitrogens with zero attached hydrogens (tertiary/aromatic N) is 2. The maximum Gasteiger partial charge on any atom is 0.321 e. The number of hydrogen-bond acceptors (Lipinski definition) is 7. The SMILES string of the molecule is CCOC(=O)C(c1cccc(O)c1)c1nc(OC)cc(OC)n1. The molecule has 1 aromatic heterocycles. The van der Waals surface area contributed by atoms with E-state index in [1.165, 1.54) is 32.4 Å². The number of carbonyl (C=O) groups excluding carboxylic acids is 1. The largest absolute Gasteiger partial charge is 0.508 e. The van der Waals surface area contributed by atoms with Crippen molar-refractivity contribution in [3.8, 4) is 17.5 Å². The highest BCUT2D eigenvalue weighted by molar-refractivity contribution is 5.81. The summed E-state index contributed by atoms with van der Waals surface area (Å²) in [5.74, 6) is -0.682. The number of aromatic hydroxyl groups is 1. The lowest BCUT2D eigenvalue weighted by Crippen LogP contribution is -2.20. The second-order valence-corrected chi connectivity index (χ2v) is 4.59. The molecule has 2 rings (SSSR count). The van der Waals surface area contributed by atoms with E-state index < -0.39 is 11.9 Å². The zero-order chi connectivity index (χ0) is 16.8. The van der Waals surface area contributed by atoms with Gasteiger partial charge in [0.25, 0.3) is 0 Å². The minimum Gasteiger partial charge on any atom is -0.508 e. The molecule has 0 saturated carbocycles. The Morgan fingerprint density at radius 1 is 1.17 bits per heavy atom. The third-order valence-corrected chi connectivity index (χ3v) is 3.10. The van der Waals surface area contributed by atoms with Crippen molar-refractivity contribution >= 4 is 5.97 Å². The zero-order valence-electron chi connectivity index (χ0n) is 13.1. The van der Waals surface area contributed by atoms with Crippen molar-refractivity contribution in [2.45, 2.75) is 12.8 Å². The number of rotatable bonds is 6. The maximum absolute atomic E-state index is 12.4.